The number of ether oxygens (including phenoxy) is 1. The predicted molar refractivity (Wildman–Crippen MR) is 109 cm³/mol. The van der Waals surface area contributed by atoms with Crippen molar-refractivity contribution in [3.63, 3.8) is 0 Å². The highest BCUT2D eigenvalue weighted by Crippen LogP contribution is 2.23. The van der Waals surface area contributed by atoms with Gasteiger partial charge in [-0.3, -0.25) is 9.48 Å². The van der Waals surface area contributed by atoms with Gasteiger partial charge in [-0.05, 0) is 36.8 Å². The largest absolute Gasteiger partial charge is 0.494 e. The molecule has 0 aliphatic carbocycles. The number of carbonyl (C=O) groups excluding carboxylic acids is 1. The van der Waals surface area contributed by atoms with Crippen LogP contribution in [0.3, 0.4) is 0 Å². The van der Waals surface area contributed by atoms with E-state index < -0.39 is 11.5 Å². The third-order valence-electron chi connectivity index (χ3n) is 4.41. The van der Waals surface area contributed by atoms with E-state index in [1.54, 1.807) is 47.3 Å². The Labute approximate surface area is 170 Å². The standard InChI is InChI=1S/C22H18FN3O4/c1-2-29-16-7-8-17-18(12-21(27)30-19(17)11-16)22(28)24-20-9-10-26(25-20)13-14-3-5-15(23)6-4-14/h3-12H,2,13H2,1H3,(H,24,25,28). The molecular weight excluding hydrogens is 389 g/mol. The molecule has 1 N–H and O–H groups in total. The Hall–Kier alpha value is -3.94. The Kier molecular flexibility index (Phi) is 5.30. The van der Waals surface area contributed by atoms with Crippen LogP contribution in [0, 0.1) is 5.82 Å². The van der Waals surface area contributed by atoms with Gasteiger partial charge in [0.05, 0.1) is 18.7 Å². The zero-order valence-corrected chi connectivity index (χ0v) is 16.1. The Morgan fingerprint density at radius 3 is 2.73 bits per heavy atom. The van der Waals surface area contributed by atoms with Crippen molar-refractivity contribution in [1.29, 1.82) is 0 Å². The fourth-order valence-corrected chi connectivity index (χ4v) is 3.06. The number of halogens is 1. The first-order valence-electron chi connectivity index (χ1n) is 9.32. The molecule has 152 valence electrons. The normalized spacial score (nSPS) is 10.9. The van der Waals surface area contributed by atoms with Crippen molar-refractivity contribution in [2.45, 2.75) is 13.5 Å². The molecule has 0 radical (unpaired) electrons. The molecule has 4 aromatic rings. The van der Waals surface area contributed by atoms with Gasteiger partial charge in [0.2, 0.25) is 0 Å². The second kappa shape index (κ2) is 8.20. The number of amides is 1. The molecule has 0 atom stereocenters. The monoisotopic (exact) mass is 407 g/mol. The molecule has 1 amide bonds. The number of carbonyl (C=O) groups is 1. The van der Waals surface area contributed by atoms with E-state index in [1.807, 2.05) is 6.92 Å². The summed E-state index contributed by atoms with van der Waals surface area (Å²) in [5.41, 5.74) is 0.676. The van der Waals surface area contributed by atoms with Crippen LogP contribution in [0.2, 0.25) is 0 Å². The lowest BCUT2D eigenvalue weighted by Crippen LogP contribution is -2.16. The summed E-state index contributed by atoms with van der Waals surface area (Å²) < 4.78 is 25.3. The minimum absolute atomic E-state index is 0.178. The summed E-state index contributed by atoms with van der Waals surface area (Å²) in [7, 11) is 0. The van der Waals surface area contributed by atoms with E-state index in [4.69, 9.17) is 9.15 Å². The van der Waals surface area contributed by atoms with Gasteiger partial charge >= 0.3 is 5.63 Å². The van der Waals surface area contributed by atoms with E-state index in [0.29, 0.717) is 30.1 Å². The van der Waals surface area contributed by atoms with Crippen LogP contribution in [0.15, 0.2) is 70.0 Å². The summed E-state index contributed by atoms with van der Waals surface area (Å²) in [6.07, 6.45) is 1.70. The van der Waals surface area contributed by atoms with Crippen molar-refractivity contribution in [2.75, 3.05) is 11.9 Å². The molecule has 2 aromatic carbocycles. The maximum atomic E-state index is 13.0. The molecule has 0 fully saturated rings. The van der Waals surface area contributed by atoms with Gasteiger partial charge in [0.25, 0.3) is 5.91 Å². The summed E-state index contributed by atoms with van der Waals surface area (Å²) in [4.78, 5) is 24.7. The van der Waals surface area contributed by atoms with Crippen molar-refractivity contribution in [2.24, 2.45) is 0 Å². The van der Waals surface area contributed by atoms with E-state index in [0.717, 1.165) is 11.6 Å². The number of hydrogen-bond acceptors (Lipinski definition) is 5. The van der Waals surface area contributed by atoms with E-state index in [-0.39, 0.29) is 17.0 Å². The SMILES string of the molecule is CCOc1ccc2c(C(=O)Nc3ccn(Cc4ccc(F)cc4)n3)cc(=O)oc2c1. The summed E-state index contributed by atoms with van der Waals surface area (Å²) in [5.74, 6) is 0.0869. The zero-order valence-electron chi connectivity index (χ0n) is 16.1. The summed E-state index contributed by atoms with van der Waals surface area (Å²) in [6.45, 7) is 2.74. The number of nitrogens with one attached hydrogen (secondary N) is 1. The highest BCUT2D eigenvalue weighted by molar-refractivity contribution is 6.11. The number of anilines is 1. The second-order valence-corrected chi connectivity index (χ2v) is 6.55. The second-order valence-electron chi connectivity index (χ2n) is 6.55. The van der Waals surface area contributed by atoms with Crippen LogP contribution in [0.1, 0.15) is 22.8 Å². The Bertz CT molecular complexity index is 1260. The first kappa shape index (κ1) is 19.4. The van der Waals surface area contributed by atoms with Gasteiger partial charge in [-0.1, -0.05) is 12.1 Å². The molecule has 30 heavy (non-hydrogen) atoms. The molecule has 4 rings (SSSR count). The van der Waals surface area contributed by atoms with Crippen LogP contribution in [0.4, 0.5) is 10.2 Å². The van der Waals surface area contributed by atoms with Crippen molar-refractivity contribution < 1.29 is 18.3 Å². The average Bonchev–Trinajstić information content (AvgIpc) is 3.15. The van der Waals surface area contributed by atoms with Crippen molar-refractivity contribution in [3.8, 4) is 5.75 Å². The zero-order chi connectivity index (χ0) is 21.1. The molecule has 2 aromatic heterocycles. The molecule has 0 saturated carbocycles. The number of nitrogens with zero attached hydrogens (tertiary/aromatic N) is 2. The van der Waals surface area contributed by atoms with Crippen molar-refractivity contribution >= 4 is 22.7 Å². The third-order valence-corrected chi connectivity index (χ3v) is 4.41. The first-order valence-corrected chi connectivity index (χ1v) is 9.32. The maximum Gasteiger partial charge on any atom is 0.337 e. The van der Waals surface area contributed by atoms with Gasteiger partial charge < -0.3 is 14.5 Å². The molecule has 2 heterocycles. The summed E-state index contributed by atoms with van der Waals surface area (Å²) in [5, 5.41) is 7.48. The molecule has 0 unspecified atom stereocenters. The van der Waals surface area contributed by atoms with Gasteiger partial charge in [0, 0.05) is 29.8 Å². The Balaban J connectivity index is 1.55. The topological polar surface area (TPSA) is 86.4 Å². The molecule has 0 aliphatic heterocycles. The fraction of sp³-hybridized carbons (Fsp3) is 0.136. The molecule has 0 saturated heterocycles. The fourth-order valence-electron chi connectivity index (χ4n) is 3.06. The average molecular weight is 407 g/mol. The number of fused-ring (bicyclic) bond motifs is 1. The lowest BCUT2D eigenvalue weighted by Gasteiger charge is -2.07. The van der Waals surface area contributed by atoms with Gasteiger partial charge in [0.15, 0.2) is 5.82 Å². The van der Waals surface area contributed by atoms with Crippen LogP contribution >= 0.6 is 0 Å². The minimum atomic E-state index is -0.636. The van der Waals surface area contributed by atoms with E-state index in [9.17, 15) is 14.0 Å². The molecule has 7 nitrogen and oxygen atoms in total. The lowest BCUT2D eigenvalue weighted by molar-refractivity contribution is 0.102. The van der Waals surface area contributed by atoms with Crippen molar-refractivity contribution in [1.82, 2.24) is 9.78 Å². The smallest absolute Gasteiger partial charge is 0.337 e. The molecule has 0 bridgehead atoms. The highest BCUT2D eigenvalue weighted by Gasteiger charge is 2.15. The number of rotatable bonds is 6. The molecule has 8 heteroatoms. The predicted octanol–water partition coefficient (Wildman–Crippen LogP) is 3.83. The van der Waals surface area contributed by atoms with E-state index in [1.165, 1.54) is 12.1 Å². The summed E-state index contributed by atoms with van der Waals surface area (Å²) >= 11 is 0. The molecular formula is C22H18FN3O4. The molecule has 0 spiro atoms. The van der Waals surface area contributed by atoms with Crippen molar-refractivity contribution in [3.05, 3.63) is 88.2 Å². The van der Waals surface area contributed by atoms with Gasteiger partial charge in [-0.15, -0.1) is 0 Å². The van der Waals surface area contributed by atoms with Crippen LogP contribution in [0.5, 0.6) is 5.75 Å². The minimum Gasteiger partial charge on any atom is -0.494 e. The van der Waals surface area contributed by atoms with Crippen LogP contribution < -0.4 is 15.7 Å². The quantitative estimate of drug-likeness (QED) is 0.491. The number of aromatic nitrogens is 2. The van der Waals surface area contributed by atoms with Gasteiger partial charge in [-0.25, -0.2) is 9.18 Å². The van der Waals surface area contributed by atoms with Crippen LogP contribution in [-0.4, -0.2) is 22.3 Å². The summed E-state index contributed by atoms with van der Waals surface area (Å²) in [6, 6.07) is 13.8. The Morgan fingerprint density at radius 2 is 1.97 bits per heavy atom. The lowest BCUT2D eigenvalue weighted by atomic mass is 10.1. The number of hydrogen-bond donors (Lipinski definition) is 1. The van der Waals surface area contributed by atoms with E-state index in [2.05, 4.69) is 10.4 Å². The van der Waals surface area contributed by atoms with Gasteiger partial charge in [0.1, 0.15) is 17.1 Å². The van der Waals surface area contributed by atoms with Gasteiger partial charge in [-0.2, -0.15) is 5.10 Å². The third kappa shape index (κ3) is 4.22. The van der Waals surface area contributed by atoms with Crippen LogP contribution in [-0.2, 0) is 6.54 Å². The number of benzene rings is 2. The maximum absolute atomic E-state index is 13.0. The Morgan fingerprint density at radius 1 is 1.17 bits per heavy atom. The van der Waals surface area contributed by atoms with E-state index >= 15 is 0 Å². The highest BCUT2D eigenvalue weighted by atomic mass is 19.1. The van der Waals surface area contributed by atoms with Crippen LogP contribution in [0.25, 0.3) is 11.0 Å². The first-order chi connectivity index (χ1) is 14.5. The molecule has 0 aliphatic rings.